The maximum atomic E-state index is 14.1. The molecule has 0 aromatic heterocycles. The minimum Gasteiger partial charge on any atom is -0.439 e. The fourth-order valence-corrected chi connectivity index (χ4v) is 6.16. The first kappa shape index (κ1) is 40.4. The first-order chi connectivity index (χ1) is 23.5. The van der Waals surface area contributed by atoms with Gasteiger partial charge in [-0.05, 0) is 56.4 Å². The predicted octanol–water partition coefficient (Wildman–Crippen LogP) is 4.62. The number of aliphatic hydroxyl groups excluding tert-OH is 1. The van der Waals surface area contributed by atoms with Crippen LogP contribution in [0.1, 0.15) is 50.9 Å². The van der Waals surface area contributed by atoms with Gasteiger partial charge >= 0.3 is 6.09 Å². The molecule has 2 amide bonds. The average Bonchev–Trinajstić information content (AvgIpc) is 3.07. The molecule has 0 saturated heterocycles. The maximum Gasteiger partial charge on any atom is 0.405 e. The number of hydrogen-bond donors (Lipinski definition) is 3. The highest BCUT2D eigenvalue weighted by atomic mass is 35.5. The lowest BCUT2D eigenvalue weighted by molar-refractivity contribution is -0.128. The van der Waals surface area contributed by atoms with Gasteiger partial charge in [-0.1, -0.05) is 61.4 Å². The summed E-state index contributed by atoms with van der Waals surface area (Å²) in [6, 6.07) is 4.20. The molecule has 6 atom stereocenters. The van der Waals surface area contributed by atoms with Gasteiger partial charge in [0.2, 0.25) is 11.6 Å². The summed E-state index contributed by atoms with van der Waals surface area (Å²) in [6.07, 6.45) is 2.64. The first-order valence-corrected chi connectivity index (χ1v) is 16.6. The predicted molar refractivity (Wildman–Crippen MR) is 188 cm³/mol. The molecule has 50 heavy (non-hydrogen) atoms. The van der Waals surface area contributed by atoms with Crippen LogP contribution in [0, 0.1) is 11.8 Å². The number of nitrogens with zero attached hydrogens (tertiary/aromatic N) is 1. The number of carbonyl (C=O) groups excluding carboxylic acids is 5. The second kappa shape index (κ2) is 17.7. The van der Waals surface area contributed by atoms with Crippen molar-refractivity contribution in [3.63, 3.8) is 0 Å². The van der Waals surface area contributed by atoms with Crippen LogP contribution in [0.5, 0.6) is 0 Å². The zero-order valence-electron chi connectivity index (χ0n) is 28.8. The van der Waals surface area contributed by atoms with Crippen molar-refractivity contribution in [1.29, 1.82) is 0 Å². The van der Waals surface area contributed by atoms with E-state index >= 15 is 0 Å². The van der Waals surface area contributed by atoms with E-state index < -0.39 is 66.2 Å². The van der Waals surface area contributed by atoms with Crippen molar-refractivity contribution in [2.75, 3.05) is 20.8 Å². The van der Waals surface area contributed by atoms with Crippen molar-refractivity contribution < 1.29 is 43.3 Å². The molecule has 270 valence electrons. The van der Waals surface area contributed by atoms with E-state index in [4.69, 9.17) is 48.9 Å². The number of rotatable bonds is 6. The molecule has 1 aliphatic carbocycles. The summed E-state index contributed by atoms with van der Waals surface area (Å²) in [5, 5.41) is 11.6. The van der Waals surface area contributed by atoms with E-state index in [0.29, 0.717) is 5.57 Å². The van der Waals surface area contributed by atoms with E-state index in [1.165, 1.54) is 57.6 Å². The van der Waals surface area contributed by atoms with Gasteiger partial charge in [0.05, 0.1) is 40.2 Å². The van der Waals surface area contributed by atoms with Gasteiger partial charge in [0.25, 0.3) is 5.91 Å². The number of allylic oxidation sites excluding steroid dienone is 4. The molecule has 0 radical (unpaired) electrons. The SMILES string of the molecule is CO[C@H]1/C=C\C=C(/C)C(=O)N(CC(=O)c2ccc(Cl)c(Cl)c2)C2=CC(=O)C(N)=C(C[C@@H](C)C[C@H](OC)[C@H](O)[C@@H](C)/C=C(\C)[C@@H]1OC(N)=O)C2=O. The molecule has 3 rings (SSSR count). The van der Waals surface area contributed by atoms with Crippen LogP contribution in [0.15, 0.2) is 76.7 Å². The first-order valence-electron chi connectivity index (χ1n) is 15.8. The molecule has 1 aliphatic heterocycles. The third-order valence-electron chi connectivity index (χ3n) is 8.63. The number of hydrogen-bond acceptors (Lipinski definition) is 10. The van der Waals surface area contributed by atoms with Crippen molar-refractivity contribution in [2.45, 2.75) is 65.0 Å². The summed E-state index contributed by atoms with van der Waals surface area (Å²) in [5.74, 6) is -3.60. The summed E-state index contributed by atoms with van der Waals surface area (Å²) in [5.41, 5.74) is 11.6. The van der Waals surface area contributed by atoms with Crippen molar-refractivity contribution in [3.05, 3.63) is 92.3 Å². The molecule has 0 saturated carbocycles. The molecule has 1 aromatic carbocycles. The van der Waals surface area contributed by atoms with Crippen LogP contribution >= 0.6 is 23.2 Å². The number of aliphatic hydroxyl groups is 1. The Morgan fingerprint density at radius 2 is 1.74 bits per heavy atom. The van der Waals surface area contributed by atoms with E-state index in [-0.39, 0.29) is 56.9 Å². The van der Waals surface area contributed by atoms with Gasteiger partial charge in [-0.3, -0.25) is 24.1 Å². The molecule has 0 fully saturated rings. The molecule has 0 unspecified atom stereocenters. The van der Waals surface area contributed by atoms with Gasteiger partial charge in [-0.25, -0.2) is 4.79 Å². The van der Waals surface area contributed by atoms with Crippen LogP contribution in [0.2, 0.25) is 10.0 Å². The molecule has 1 heterocycles. The number of fused-ring (bicyclic) bond motifs is 2. The van der Waals surface area contributed by atoms with Crippen molar-refractivity contribution in [3.8, 4) is 0 Å². The van der Waals surface area contributed by atoms with Crippen LogP contribution < -0.4 is 11.5 Å². The number of benzene rings is 1. The number of methoxy groups -OCH3 is 2. The lowest BCUT2D eigenvalue weighted by Crippen LogP contribution is -2.41. The summed E-state index contributed by atoms with van der Waals surface area (Å²) in [6.45, 7) is 6.10. The normalized spacial score (nSPS) is 28.7. The topological polar surface area (TPSA) is 189 Å². The number of ketones is 3. The van der Waals surface area contributed by atoms with Crippen LogP contribution in [-0.4, -0.2) is 84.5 Å². The van der Waals surface area contributed by atoms with Crippen LogP contribution in [0.4, 0.5) is 4.79 Å². The maximum absolute atomic E-state index is 14.1. The van der Waals surface area contributed by atoms with Crippen LogP contribution in [0.25, 0.3) is 0 Å². The minimum absolute atomic E-state index is 0.00788. The standard InChI is InChI=1S/C36H43Cl2N3O9/c1-18-12-23-31(39)27(42)16-26(33(23)45)41(17-28(43)22-10-11-24(37)25(38)15-22)35(46)19(2)8-7-9-29(48-5)34(50-36(40)47)21(4)14-20(3)32(44)30(13-18)49-6/h7-11,14-16,18,20,29-30,32,34,44H,12-13,17,39H2,1-6H3,(H2,40,47)/b9-7-,19-8+,21-14+/t18-,20+,29+,30+,32-,34+/m1/s1. The third kappa shape index (κ3) is 9.79. The monoisotopic (exact) mass is 731 g/mol. The van der Waals surface area contributed by atoms with E-state index in [9.17, 15) is 29.1 Å². The van der Waals surface area contributed by atoms with Crippen LogP contribution in [-0.2, 0) is 28.6 Å². The van der Waals surface area contributed by atoms with Gasteiger partial charge in [-0.15, -0.1) is 0 Å². The number of primary amides is 1. The Morgan fingerprint density at radius 3 is 2.34 bits per heavy atom. The second-order valence-corrected chi connectivity index (χ2v) is 13.2. The van der Waals surface area contributed by atoms with Gasteiger partial charge in [0.1, 0.15) is 6.10 Å². The van der Waals surface area contributed by atoms with E-state index in [0.717, 1.165) is 11.0 Å². The Labute approximate surface area is 301 Å². The molecule has 2 bridgehead atoms. The van der Waals surface area contributed by atoms with Gasteiger partial charge in [-0.2, -0.15) is 0 Å². The summed E-state index contributed by atoms with van der Waals surface area (Å²) in [7, 11) is 2.83. The molecule has 12 nitrogen and oxygen atoms in total. The lowest BCUT2D eigenvalue weighted by atomic mass is 9.85. The highest BCUT2D eigenvalue weighted by Crippen LogP contribution is 2.31. The number of halogens is 2. The fourth-order valence-electron chi connectivity index (χ4n) is 5.86. The molecular weight excluding hydrogens is 689 g/mol. The fraction of sp³-hybridized carbons (Fsp3) is 0.417. The quantitative estimate of drug-likeness (QED) is 0.212. The smallest absolute Gasteiger partial charge is 0.405 e. The summed E-state index contributed by atoms with van der Waals surface area (Å²) >= 11 is 12.2. The van der Waals surface area contributed by atoms with Gasteiger partial charge < -0.3 is 30.8 Å². The molecule has 2 aliphatic rings. The van der Waals surface area contributed by atoms with E-state index in [1.54, 1.807) is 26.8 Å². The van der Waals surface area contributed by atoms with Crippen LogP contribution in [0.3, 0.4) is 0 Å². The Hall–Kier alpha value is -4.07. The van der Waals surface area contributed by atoms with E-state index in [1.807, 2.05) is 0 Å². The Bertz CT molecular complexity index is 1680. The molecule has 1 aromatic rings. The number of nitrogens with two attached hydrogens (primary N) is 2. The second-order valence-electron chi connectivity index (χ2n) is 12.4. The van der Waals surface area contributed by atoms with Gasteiger partial charge in [0.15, 0.2) is 11.9 Å². The number of amides is 2. The van der Waals surface area contributed by atoms with Crippen molar-refractivity contribution in [2.24, 2.45) is 23.3 Å². The Kier molecular flexibility index (Phi) is 14.3. The largest absolute Gasteiger partial charge is 0.439 e. The zero-order chi connectivity index (χ0) is 37.4. The highest BCUT2D eigenvalue weighted by Gasteiger charge is 2.36. The van der Waals surface area contributed by atoms with E-state index in [2.05, 4.69) is 0 Å². The number of carbonyl (C=O) groups is 5. The number of ether oxygens (including phenoxy) is 3. The lowest BCUT2D eigenvalue weighted by Gasteiger charge is -2.30. The molecule has 14 heteroatoms. The zero-order valence-corrected chi connectivity index (χ0v) is 30.3. The van der Waals surface area contributed by atoms with Gasteiger partial charge in [0, 0.05) is 42.9 Å². The Morgan fingerprint density at radius 1 is 1.06 bits per heavy atom. The molecule has 5 N–H and O–H groups in total. The highest BCUT2D eigenvalue weighted by molar-refractivity contribution is 6.42. The average molecular weight is 733 g/mol. The minimum atomic E-state index is -1.05. The molecular formula is C36H43Cl2N3O9. The van der Waals surface area contributed by atoms with Crippen molar-refractivity contribution in [1.82, 2.24) is 4.90 Å². The third-order valence-corrected chi connectivity index (χ3v) is 9.37. The summed E-state index contributed by atoms with van der Waals surface area (Å²) < 4.78 is 16.6. The molecule has 0 spiro atoms. The number of Topliss-reactive ketones (excluding diaryl/α,β-unsaturated/α-hetero) is 2. The summed E-state index contributed by atoms with van der Waals surface area (Å²) in [4.78, 5) is 67.6. The Balaban J connectivity index is 2.19. The van der Waals surface area contributed by atoms with Crippen molar-refractivity contribution >= 4 is 52.6 Å².